The molecule has 0 spiro atoms. The van der Waals surface area contributed by atoms with E-state index in [0.29, 0.717) is 28.3 Å². The van der Waals surface area contributed by atoms with E-state index in [-0.39, 0.29) is 30.9 Å². The Morgan fingerprint density at radius 3 is 2.42 bits per heavy atom. The first-order chi connectivity index (χ1) is 14.8. The summed E-state index contributed by atoms with van der Waals surface area (Å²) in [5.41, 5.74) is 1.95. The number of benzene rings is 1. The zero-order valence-electron chi connectivity index (χ0n) is 17.3. The van der Waals surface area contributed by atoms with Crippen LogP contribution in [0.1, 0.15) is 39.1 Å². The zero-order valence-corrected chi connectivity index (χ0v) is 17.3. The number of rotatable bonds is 5. The number of nitrogens with zero attached hydrogens (tertiary/aromatic N) is 1. The van der Waals surface area contributed by atoms with Gasteiger partial charge in [-0.05, 0) is 45.0 Å². The molecule has 4 atom stereocenters. The highest BCUT2D eigenvalue weighted by Crippen LogP contribution is 2.29. The summed E-state index contributed by atoms with van der Waals surface area (Å²) in [6, 6.07) is 6.11. The van der Waals surface area contributed by atoms with Gasteiger partial charge in [0.15, 0.2) is 11.9 Å². The van der Waals surface area contributed by atoms with Gasteiger partial charge in [0.05, 0.1) is 24.9 Å². The molecule has 0 bridgehead atoms. The van der Waals surface area contributed by atoms with Crippen LogP contribution in [0, 0.1) is 13.8 Å². The maximum absolute atomic E-state index is 12.6. The van der Waals surface area contributed by atoms with E-state index in [9.17, 15) is 14.4 Å². The predicted octanol–water partition coefficient (Wildman–Crippen LogP) is 2.01. The lowest BCUT2D eigenvalue weighted by molar-refractivity contribution is 0.00861. The van der Waals surface area contributed by atoms with Gasteiger partial charge in [0.25, 0.3) is 5.91 Å². The normalized spacial score (nSPS) is 24.5. The largest absolute Gasteiger partial charge is 0.441 e. The van der Waals surface area contributed by atoms with Crippen molar-refractivity contribution in [3.8, 4) is 0 Å². The van der Waals surface area contributed by atoms with E-state index >= 15 is 0 Å². The van der Waals surface area contributed by atoms with Gasteiger partial charge in [0.2, 0.25) is 0 Å². The second-order valence-corrected chi connectivity index (χ2v) is 7.58. The topological polar surface area (TPSA) is 129 Å². The lowest BCUT2D eigenvalue weighted by Gasteiger charge is -2.18. The van der Waals surface area contributed by atoms with Crippen LogP contribution in [0.25, 0.3) is 0 Å². The van der Waals surface area contributed by atoms with Gasteiger partial charge >= 0.3 is 6.09 Å². The molecule has 2 fully saturated rings. The van der Waals surface area contributed by atoms with Crippen LogP contribution in [-0.4, -0.2) is 60.5 Å². The van der Waals surface area contributed by atoms with Crippen molar-refractivity contribution in [3.63, 3.8) is 0 Å². The summed E-state index contributed by atoms with van der Waals surface area (Å²) < 4.78 is 22.0. The van der Waals surface area contributed by atoms with Crippen molar-refractivity contribution in [2.45, 2.75) is 45.1 Å². The fourth-order valence-corrected chi connectivity index (χ4v) is 3.81. The third-order valence-electron chi connectivity index (χ3n) is 5.38. The van der Waals surface area contributed by atoms with Gasteiger partial charge in [-0.1, -0.05) is 5.16 Å². The van der Waals surface area contributed by atoms with E-state index in [0.717, 1.165) is 0 Å². The number of nitrogens with one attached hydrogen (secondary N) is 2. The predicted molar refractivity (Wildman–Crippen MR) is 107 cm³/mol. The van der Waals surface area contributed by atoms with Crippen molar-refractivity contribution in [1.29, 1.82) is 0 Å². The molecular formula is C21H23N3O7. The van der Waals surface area contributed by atoms with Crippen LogP contribution >= 0.6 is 0 Å². The third kappa shape index (κ3) is 4.30. The van der Waals surface area contributed by atoms with E-state index in [2.05, 4.69) is 15.8 Å². The minimum Gasteiger partial charge on any atom is -0.441 e. The van der Waals surface area contributed by atoms with Gasteiger partial charge in [0.1, 0.15) is 23.5 Å². The first kappa shape index (κ1) is 21.0. The summed E-state index contributed by atoms with van der Waals surface area (Å²) >= 11 is 0. The first-order valence-corrected chi connectivity index (χ1v) is 9.89. The van der Waals surface area contributed by atoms with Crippen LogP contribution in [0.2, 0.25) is 0 Å². The van der Waals surface area contributed by atoms with Crippen molar-refractivity contribution in [2.24, 2.45) is 0 Å². The Labute approximate surface area is 178 Å². The Balaban J connectivity index is 1.32. The summed E-state index contributed by atoms with van der Waals surface area (Å²) in [5.74, 6) is 0.0647. The standard InChI is InChI=1S/C21H23N3O7/c1-10-17(12(3)31-24-10)20(26)23-15-8-28-19-16(9-29-18(15)19)30-21(27)22-14-6-4-13(5-7-14)11(2)25/h4-7,15-16,18-19H,8-9H2,1-3H3,(H,22,27)(H,23,26)/t15-,16+,18+,19+/m0/s1. The second kappa shape index (κ2) is 8.48. The molecule has 2 aliphatic heterocycles. The maximum atomic E-state index is 12.6. The molecule has 2 aliphatic rings. The Hall–Kier alpha value is -3.24. The van der Waals surface area contributed by atoms with E-state index < -0.39 is 24.4 Å². The van der Waals surface area contributed by atoms with Crippen LogP contribution in [0.4, 0.5) is 10.5 Å². The van der Waals surface area contributed by atoms with Crippen molar-refractivity contribution < 1.29 is 33.1 Å². The molecule has 0 unspecified atom stereocenters. The first-order valence-electron chi connectivity index (χ1n) is 9.89. The smallest absolute Gasteiger partial charge is 0.412 e. The molecule has 10 nitrogen and oxygen atoms in total. The molecule has 2 saturated heterocycles. The van der Waals surface area contributed by atoms with Gasteiger partial charge in [-0.2, -0.15) is 0 Å². The number of aromatic nitrogens is 1. The molecule has 4 rings (SSSR count). The molecule has 0 radical (unpaired) electrons. The molecule has 164 valence electrons. The van der Waals surface area contributed by atoms with Crippen LogP contribution in [-0.2, 0) is 14.2 Å². The number of amides is 2. The van der Waals surface area contributed by atoms with Gasteiger partial charge < -0.3 is 24.1 Å². The second-order valence-electron chi connectivity index (χ2n) is 7.58. The quantitative estimate of drug-likeness (QED) is 0.691. The Morgan fingerprint density at radius 1 is 1.06 bits per heavy atom. The molecule has 3 heterocycles. The molecule has 1 aromatic heterocycles. The minimum absolute atomic E-state index is 0.0577. The zero-order chi connectivity index (χ0) is 22.1. The molecule has 31 heavy (non-hydrogen) atoms. The lowest BCUT2D eigenvalue weighted by Crippen LogP contribution is -2.44. The van der Waals surface area contributed by atoms with E-state index in [1.807, 2.05) is 0 Å². The SMILES string of the molecule is CC(=O)c1ccc(NC(=O)O[C@@H]2CO[C@H]3[C@@H]2OC[C@@H]3NC(=O)c2c(C)noc2C)cc1. The summed E-state index contributed by atoms with van der Waals surface area (Å²) in [6.45, 7) is 5.23. The van der Waals surface area contributed by atoms with Gasteiger partial charge in [-0.15, -0.1) is 0 Å². The molecule has 2 aromatic rings. The van der Waals surface area contributed by atoms with Crippen molar-refractivity contribution in [1.82, 2.24) is 10.5 Å². The van der Waals surface area contributed by atoms with E-state index in [1.54, 1.807) is 38.1 Å². The van der Waals surface area contributed by atoms with E-state index in [4.69, 9.17) is 18.7 Å². The van der Waals surface area contributed by atoms with Crippen molar-refractivity contribution >= 4 is 23.5 Å². The highest BCUT2D eigenvalue weighted by molar-refractivity contribution is 5.96. The number of carbonyl (C=O) groups is 3. The lowest BCUT2D eigenvalue weighted by atomic mass is 10.1. The van der Waals surface area contributed by atoms with Crippen LogP contribution in [0.3, 0.4) is 0 Å². The van der Waals surface area contributed by atoms with Crippen LogP contribution in [0.15, 0.2) is 28.8 Å². The molecule has 0 saturated carbocycles. The average Bonchev–Trinajstić information content (AvgIpc) is 3.39. The molecule has 1 aromatic carbocycles. The number of hydrogen-bond donors (Lipinski definition) is 2. The van der Waals surface area contributed by atoms with E-state index in [1.165, 1.54) is 6.92 Å². The van der Waals surface area contributed by atoms with Gasteiger partial charge in [0, 0.05) is 11.3 Å². The van der Waals surface area contributed by atoms with Gasteiger partial charge in [-0.25, -0.2) is 4.79 Å². The summed E-state index contributed by atoms with van der Waals surface area (Å²) in [7, 11) is 0. The van der Waals surface area contributed by atoms with Crippen molar-refractivity contribution in [3.05, 3.63) is 46.8 Å². The summed E-state index contributed by atoms with van der Waals surface area (Å²) in [5, 5.41) is 9.30. The average molecular weight is 429 g/mol. The fourth-order valence-electron chi connectivity index (χ4n) is 3.81. The van der Waals surface area contributed by atoms with Crippen LogP contribution in [0.5, 0.6) is 0 Å². The Kier molecular flexibility index (Phi) is 5.75. The summed E-state index contributed by atoms with van der Waals surface area (Å²) in [4.78, 5) is 36.2. The van der Waals surface area contributed by atoms with Gasteiger partial charge in [-0.3, -0.25) is 14.9 Å². The molecule has 10 heteroatoms. The van der Waals surface area contributed by atoms with Crippen molar-refractivity contribution in [2.75, 3.05) is 18.5 Å². The number of ether oxygens (including phenoxy) is 3. The Morgan fingerprint density at radius 2 is 1.77 bits per heavy atom. The highest BCUT2D eigenvalue weighted by Gasteiger charge is 2.50. The van der Waals surface area contributed by atoms with Crippen LogP contribution < -0.4 is 10.6 Å². The number of aryl methyl sites for hydroxylation is 2. The molecule has 0 aliphatic carbocycles. The molecular weight excluding hydrogens is 406 g/mol. The number of ketones is 1. The number of carbonyl (C=O) groups excluding carboxylic acids is 3. The number of hydrogen-bond acceptors (Lipinski definition) is 8. The third-order valence-corrected chi connectivity index (χ3v) is 5.38. The highest BCUT2D eigenvalue weighted by atomic mass is 16.6. The number of Topliss-reactive ketones (excluding diaryl/α,β-unsaturated/α-hetero) is 1. The maximum Gasteiger partial charge on any atom is 0.412 e. The monoisotopic (exact) mass is 429 g/mol. The molecule has 2 amide bonds. The fraction of sp³-hybridized carbons (Fsp3) is 0.429. The minimum atomic E-state index is -0.656. The number of anilines is 1. The summed E-state index contributed by atoms with van der Waals surface area (Å²) in [6.07, 6.45) is -2.18. The Bertz CT molecular complexity index is 981. The number of fused-ring (bicyclic) bond motifs is 1. The molecule has 2 N–H and O–H groups in total.